The first kappa shape index (κ1) is 24.2. The number of hydrogen-bond donors (Lipinski definition) is 0. The number of ether oxygens (including phenoxy) is 5. The summed E-state index contributed by atoms with van der Waals surface area (Å²) in [5, 5.41) is 9.13. The topological polar surface area (TPSA) is 115 Å². The van der Waals surface area contributed by atoms with Crippen LogP contribution in [0.2, 0.25) is 0 Å². The van der Waals surface area contributed by atoms with E-state index in [1.54, 1.807) is 32.4 Å². The van der Waals surface area contributed by atoms with Crippen LogP contribution < -0.4 is 18.9 Å². The fourth-order valence-corrected chi connectivity index (χ4v) is 4.28. The Kier molecular flexibility index (Phi) is 6.42. The molecule has 1 aliphatic heterocycles. The molecule has 0 bridgehead atoms. The van der Waals surface area contributed by atoms with E-state index < -0.39 is 12.1 Å². The molecule has 39 heavy (non-hydrogen) atoms. The van der Waals surface area contributed by atoms with E-state index >= 15 is 0 Å². The minimum Gasteiger partial charge on any atom is -0.493 e. The molecule has 0 saturated heterocycles. The smallest absolute Gasteiger partial charge is 0.351 e. The van der Waals surface area contributed by atoms with E-state index in [4.69, 9.17) is 33.1 Å². The predicted octanol–water partition coefficient (Wildman–Crippen LogP) is 4.85. The molecule has 1 unspecified atom stereocenters. The number of hydrogen-bond acceptors (Lipinski definition) is 10. The van der Waals surface area contributed by atoms with Gasteiger partial charge in [0, 0.05) is 10.9 Å². The first-order valence-corrected chi connectivity index (χ1v) is 12.1. The molecule has 1 atom stereocenters. The Bertz CT molecular complexity index is 1670. The van der Waals surface area contributed by atoms with Gasteiger partial charge in [0.05, 0.1) is 31.0 Å². The number of esters is 1. The van der Waals surface area contributed by atoms with Crippen molar-refractivity contribution in [3.05, 3.63) is 78.7 Å². The molecule has 10 nitrogen and oxygen atoms in total. The van der Waals surface area contributed by atoms with Crippen LogP contribution >= 0.6 is 0 Å². The first-order valence-electron chi connectivity index (χ1n) is 12.1. The van der Waals surface area contributed by atoms with Crippen molar-refractivity contribution in [3.63, 3.8) is 0 Å². The summed E-state index contributed by atoms with van der Waals surface area (Å²) < 4.78 is 33.4. The van der Waals surface area contributed by atoms with Gasteiger partial charge in [-0.3, -0.25) is 0 Å². The average molecular weight is 526 g/mol. The van der Waals surface area contributed by atoms with Crippen molar-refractivity contribution in [2.75, 3.05) is 20.8 Å². The number of carbonyl (C=O) groups excluding carboxylic acids is 1. The van der Waals surface area contributed by atoms with E-state index in [1.807, 2.05) is 54.6 Å². The van der Waals surface area contributed by atoms with Gasteiger partial charge in [-0.05, 0) is 42.5 Å². The Morgan fingerprint density at radius 3 is 2.56 bits per heavy atom. The molecule has 0 radical (unpaired) electrons. The summed E-state index contributed by atoms with van der Waals surface area (Å²) in [7, 11) is 3.17. The maximum Gasteiger partial charge on any atom is 0.351 e. The Morgan fingerprint density at radius 1 is 0.923 bits per heavy atom. The van der Waals surface area contributed by atoms with Gasteiger partial charge >= 0.3 is 5.97 Å². The number of aromatic nitrogens is 3. The molecule has 0 aliphatic carbocycles. The molecule has 0 spiro atoms. The molecule has 10 heteroatoms. The highest BCUT2D eigenvalue weighted by atomic mass is 16.6. The Balaban J connectivity index is 1.24. The zero-order chi connectivity index (χ0) is 26.8. The van der Waals surface area contributed by atoms with Crippen molar-refractivity contribution in [2.24, 2.45) is 0 Å². The highest BCUT2D eigenvalue weighted by Crippen LogP contribution is 2.36. The van der Waals surface area contributed by atoms with Crippen LogP contribution in [0.15, 0.2) is 77.2 Å². The Morgan fingerprint density at radius 2 is 1.72 bits per heavy atom. The number of carbonyl (C=O) groups is 1. The maximum atomic E-state index is 12.6. The van der Waals surface area contributed by atoms with Gasteiger partial charge in [0.1, 0.15) is 6.61 Å². The molecular formula is C29H23N3O7. The van der Waals surface area contributed by atoms with Crippen LogP contribution in [0.25, 0.3) is 33.6 Å². The van der Waals surface area contributed by atoms with E-state index in [9.17, 15) is 4.79 Å². The normalized spacial score (nSPS) is 14.2. The lowest BCUT2D eigenvalue weighted by atomic mass is 10.0. The third-order valence-electron chi connectivity index (χ3n) is 6.20. The number of methoxy groups -OCH3 is 2. The number of para-hydroxylation sites is 3. The van der Waals surface area contributed by atoms with Gasteiger partial charge in [-0.1, -0.05) is 30.3 Å². The van der Waals surface area contributed by atoms with Gasteiger partial charge in [0.2, 0.25) is 12.0 Å². The standard InChI is InChI=1S/C29H23N3O7/c1-34-22-12-11-17(13-25(22)35-2)21-14-19(18-7-3-4-8-20(18)30-21)28-32-31-27(39-28)16-37-29(33)26-15-36-23-9-5-6-10-24(23)38-26/h3-14,26H,15-16H2,1-2H3. The van der Waals surface area contributed by atoms with E-state index in [1.165, 1.54) is 0 Å². The van der Waals surface area contributed by atoms with Crippen molar-refractivity contribution in [1.29, 1.82) is 0 Å². The fraction of sp³-hybridized carbons (Fsp3) is 0.172. The lowest BCUT2D eigenvalue weighted by molar-refractivity contribution is -0.156. The van der Waals surface area contributed by atoms with Crippen LogP contribution in [0.1, 0.15) is 5.89 Å². The van der Waals surface area contributed by atoms with Crippen molar-refractivity contribution in [3.8, 4) is 45.7 Å². The first-order chi connectivity index (χ1) is 19.1. The molecule has 2 aromatic heterocycles. The van der Waals surface area contributed by atoms with Crippen molar-refractivity contribution < 1.29 is 32.9 Å². The molecular weight excluding hydrogens is 502 g/mol. The van der Waals surface area contributed by atoms with Crippen LogP contribution in [0.4, 0.5) is 0 Å². The van der Waals surface area contributed by atoms with Gasteiger partial charge < -0.3 is 28.1 Å². The second-order valence-electron chi connectivity index (χ2n) is 8.61. The van der Waals surface area contributed by atoms with E-state index in [-0.39, 0.29) is 25.0 Å². The highest BCUT2D eigenvalue weighted by Gasteiger charge is 2.29. The second-order valence-corrected chi connectivity index (χ2v) is 8.61. The van der Waals surface area contributed by atoms with Gasteiger partial charge in [0.25, 0.3) is 5.89 Å². The predicted molar refractivity (Wildman–Crippen MR) is 140 cm³/mol. The monoisotopic (exact) mass is 525 g/mol. The van der Waals surface area contributed by atoms with Crippen molar-refractivity contribution in [1.82, 2.24) is 15.2 Å². The van der Waals surface area contributed by atoms with Gasteiger partial charge in [-0.2, -0.15) is 0 Å². The zero-order valence-corrected chi connectivity index (χ0v) is 21.1. The summed E-state index contributed by atoms with van der Waals surface area (Å²) in [5.74, 6) is 2.10. The van der Waals surface area contributed by atoms with E-state index in [0.29, 0.717) is 34.3 Å². The number of fused-ring (bicyclic) bond motifs is 2. The molecule has 5 aromatic rings. The largest absolute Gasteiger partial charge is 0.493 e. The SMILES string of the molecule is COc1ccc(-c2cc(-c3nnc(COC(=O)C4COc5ccccc5O4)o3)c3ccccc3n2)cc1OC. The third-order valence-corrected chi connectivity index (χ3v) is 6.20. The molecule has 6 rings (SSSR count). The van der Waals surface area contributed by atoms with Gasteiger partial charge in [-0.25, -0.2) is 9.78 Å². The molecule has 3 aromatic carbocycles. The van der Waals surface area contributed by atoms with Gasteiger partial charge in [0.15, 0.2) is 29.6 Å². The van der Waals surface area contributed by atoms with Crippen molar-refractivity contribution >= 4 is 16.9 Å². The number of benzene rings is 3. The summed E-state index contributed by atoms with van der Waals surface area (Å²) in [5.41, 5.74) is 2.95. The highest BCUT2D eigenvalue weighted by molar-refractivity contribution is 5.94. The summed E-state index contributed by atoms with van der Waals surface area (Å²) in [4.78, 5) is 17.4. The Labute approximate surface area is 223 Å². The van der Waals surface area contributed by atoms with Crippen LogP contribution in [-0.4, -0.2) is 48.1 Å². The number of nitrogens with zero attached hydrogens (tertiary/aromatic N) is 3. The zero-order valence-electron chi connectivity index (χ0n) is 21.1. The number of pyridine rings is 1. The molecule has 1 aliphatic rings. The molecule has 0 saturated carbocycles. The van der Waals surface area contributed by atoms with Crippen LogP contribution in [0.5, 0.6) is 23.0 Å². The van der Waals surface area contributed by atoms with E-state index in [2.05, 4.69) is 10.2 Å². The Hall–Kier alpha value is -5.12. The molecule has 0 fully saturated rings. The molecule has 0 N–H and O–H groups in total. The quantitative estimate of drug-likeness (QED) is 0.273. The minimum atomic E-state index is -0.893. The third kappa shape index (κ3) is 4.79. The fourth-order valence-electron chi connectivity index (χ4n) is 4.28. The number of rotatable bonds is 7. The molecule has 0 amide bonds. The summed E-state index contributed by atoms with van der Waals surface area (Å²) in [6, 6.07) is 22.2. The molecule has 3 heterocycles. The van der Waals surface area contributed by atoms with E-state index in [0.717, 1.165) is 16.5 Å². The second kappa shape index (κ2) is 10.3. The van der Waals surface area contributed by atoms with Crippen LogP contribution in [0.3, 0.4) is 0 Å². The van der Waals surface area contributed by atoms with Crippen molar-refractivity contribution in [2.45, 2.75) is 12.7 Å². The lowest BCUT2D eigenvalue weighted by Crippen LogP contribution is -2.37. The van der Waals surface area contributed by atoms with Crippen LogP contribution in [0, 0.1) is 0 Å². The summed E-state index contributed by atoms with van der Waals surface area (Å²) in [6.45, 7) is -0.161. The average Bonchev–Trinajstić information content (AvgIpc) is 3.47. The minimum absolute atomic E-state index is 0.0485. The summed E-state index contributed by atoms with van der Waals surface area (Å²) in [6.07, 6.45) is -0.893. The summed E-state index contributed by atoms with van der Waals surface area (Å²) >= 11 is 0. The molecule has 196 valence electrons. The lowest BCUT2D eigenvalue weighted by Gasteiger charge is -2.24. The maximum absolute atomic E-state index is 12.6. The van der Waals surface area contributed by atoms with Crippen LogP contribution in [-0.2, 0) is 16.1 Å². The van der Waals surface area contributed by atoms with Gasteiger partial charge in [-0.15, -0.1) is 10.2 Å².